The van der Waals surface area contributed by atoms with Crippen LogP contribution in [0.25, 0.3) is 10.1 Å². The molecule has 0 spiro atoms. The molecule has 3 nitrogen and oxygen atoms in total. The fraction of sp³-hybridized carbons (Fsp3) is 0.471. The molecular weight excluding hydrogens is 301 g/mol. The molecule has 0 radical (unpaired) electrons. The predicted molar refractivity (Wildman–Crippen MR) is 87.3 cm³/mol. The Morgan fingerprint density at radius 1 is 1.27 bits per heavy atom. The van der Waals surface area contributed by atoms with Gasteiger partial charge in [0.05, 0.1) is 7.11 Å². The molecule has 1 N–H and O–H groups in total. The van der Waals surface area contributed by atoms with Gasteiger partial charge in [-0.15, -0.1) is 11.3 Å². The minimum atomic E-state index is -0.320. The maximum Gasteiger partial charge on any atom is 0.265 e. The number of halogens is 1. The van der Waals surface area contributed by atoms with Crippen molar-refractivity contribution in [1.82, 2.24) is 5.32 Å². The fourth-order valence-electron chi connectivity index (χ4n) is 3.07. The molecule has 118 valence electrons. The SMILES string of the molecule is COc1c(C(=O)NC2CCCCCC2)sc2ccc(F)cc12. The molecule has 1 saturated carbocycles. The Morgan fingerprint density at radius 3 is 2.68 bits per heavy atom. The summed E-state index contributed by atoms with van der Waals surface area (Å²) in [6, 6.07) is 4.76. The summed E-state index contributed by atoms with van der Waals surface area (Å²) >= 11 is 1.36. The summed E-state index contributed by atoms with van der Waals surface area (Å²) in [5, 5.41) is 3.79. The zero-order valence-electron chi connectivity index (χ0n) is 12.7. The van der Waals surface area contributed by atoms with E-state index in [9.17, 15) is 9.18 Å². The van der Waals surface area contributed by atoms with E-state index in [1.54, 1.807) is 6.07 Å². The number of benzene rings is 1. The fourth-order valence-corrected chi connectivity index (χ4v) is 4.13. The number of fused-ring (bicyclic) bond motifs is 1. The first-order valence-electron chi connectivity index (χ1n) is 7.76. The van der Waals surface area contributed by atoms with E-state index < -0.39 is 0 Å². The number of methoxy groups -OCH3 is 1. The first-order chi connectivity index (χ1) is 10.7. The van der Waals surface area contributed by atoms with Crippen LogP contribution in [0.1, 0.15) is 48.2 Å². The molecule has 1 fully saturated rings. The van der Waals surface area contributed by atoms with Crippen LogP contribution in [0, 0.1) is 5.82 Å². The lowest BCUT2D eigenvalue weighted by Crippen LogP contribution is -2.34. The van der Waals surface area contributed by atoms with Crippen LogP contribution in [0.15, 0.2) is 18.2 Å². The Balaban J connectivity index is 1.86. The van der Waals surface area contributed by atoms with Gasteiger partial charge in [-0.1, -0.05) is 25.7 Å². The van der Waals surface area contributed by atoms with Gasteiger partial charge in [0, 0.05) is 16.1 Å². The van der Waals surface area contributed by atoms with Gasteiger partial charge in [-0.05, 0) is 31.0 Å². The van der Waals surface area contributed by atoms with Crippen molar-refractivity contribution >= 4 is 27.3 Å². The van der Waals surface area contributed by atoms with Crippen molar-refractivity contribution in [1.29, 1.82) is 0 Å². The van der Waals surface area contributed by atoms with Crippen molar-refractivity contribution < 1.29 is 13.9 Å². The van der Waals surface area contributed by atoms with Gasteiger partial charge >= 0.3 is 0 Å². The second-order valence-electron chi connectivity index (χ2n) is 5.77. The summed E-state index contributed by atoms with van der Waals surface area (Å²) in [4.78, 5) is 13.1. The van der Waals surface area contributed by atoms with Gasteiger partial charge < -0.3 is 10.1 Å². The molecule has 5 heteroatoms. The van der Waals surface area contributed by atoms with Gasteiger partial charge in [-0.3, -0.25) is 4.79 Å². The topological polar surface area (TPSA) is 38.3 Å². The molecule has 1 aliphatic rings. The minimum absolute atomic E-state index is 0.106. The van der Waals surface area contributed by atoms with Gasteiger partial charge in [0.15, 0.2) is 0 Å². The Hall–Kier alpha value is -1.62. The third kappa shape index (κ3) is 3.09. The smallest absolute Gasteiger partial charge is 0.265 e. The van der Waals surface area contributed by atoms with Crippen LogP contribution >= 0.6 is 11.3 Å². The zero-order valence-corrected chi connectivity index (χ0v) is 13.5. The highest BCUT2D eigenvalue weighted by Gasteiger charge is 2.22. The normalized spacial score (nSPS) is 16.5. The van der Waals surface area contributed by atoms with E-state index in [-0.39, 0.29) is 17.8 Å². The standard InChI is InChI=1S/C17H20FNO2S/c1-21-15-13-10-11(18)8-9-14(13)22-16(15)17(20)19-12-6-4-2-3-5-7-12/h8-10,12H,2-7H2,1H3,(H,19,20). The number of rotatable bonds is 3. The number of hydrogen-bond acceptors (Lipinski definition) is 3. The highest BCUT2D eigenvalue weighted by molar-refractivity contribution is 7.21. The summed E-state index contributed by atoms with van der Waals surface area (Å²) < 4.78 is 19.7. The van der Waals surface area contributed by atoms with Crippen LogP contribution in [0.5, 0.6) is 5.75 Å². The number of hydrogen-bond donors (Lipinski definition) is 1. The third-order valence-corrected chi connectivity index (χ3v) is 5.36. The van der Waals surface area contributed by atoms with Crippen LogP contribution in [-0.2, 0) is 0 Å². The van der Waals surface area contributed by atoms with Crippen molar-refractivity contribution in [3.05, 3.63) is 28.9 Å². The Bertz CT molecular complexity index is 675. The van der Waals surface area contributed by atoms with Gasteiger partial charge in [0.1, 0.15) is 16.4 Å². The second kappa shape index (κ2) is 6.65. The van der Waals surface area contributed by atoms with E-state index in [2.05, 4.69) is 5.32 Å². The van der Waals surface area contributed by atoms with Crippen molar-refractivity contribution in [2.45, 2.75) is 44.6 Å². The molecule has 22 heavy (non-hydrogen) atoms. The molecule has 0 aliphatic heterocycles. The number of nitrogens with one attached hydrogen (secondary N) is 1. The molecule has 1 aromatic carbocycles. The number of thiophene rings is 1. The number of carbonyl (C=O) groups is 1. The van der Waals surface area contributed by atoms with Crippen molar-refractivity contribution in [3.63, 3.8) is 0 Å². The average molecular weight is 321 g/mol. The first-order valence-corrected chi connectivity index (χ1v) is 8.57. The summed E-state index contributed by atoms with van der Waals surface area (Å²) in [5.74, 6) is 0.0512. The second-order valence-corrected chi connectivity index (χ2v) is 6.82. The molecular formula is C17H20FNO2S. The van der Waals surface area contributed by atoms with Crippen molar-refractivity contribution in [2.24, 2.45) is 0 Å². The molecule has 1 heterocycles. The highest BCUT2D eigenvalue weighted by Crippen LogP contribution is 2.38. The molecule has 0 bridgehead atoms. The summed E-state index contributed by atoms with van der Waals surface area (Å²) in [7, 11) is 1.52. The van der Waals surface area contributed by atoms with Crippen LogP contribution < -0.4 is 10.1 Å². The monoisotopic (exact) mass is 321 g/mol. The Morgan fingerprint density at radius 2 is 2.00 bits per heavy atom. The van der Waals surface area contributed by atoms with E-state index >= 15 is 0 Å². The lowest BCUT2D eigenvalue weighted by molar-refractivity contribution is 0.0935. The summed E-state index contributed by atoms with van der Waals surface area (Å²) in [5.41, 5.74) is 0. The number of ether oxygens (including phenoxy) is 1. The highest BCUT2D eigenvalue weighted by atomic mass is 32.1. The van der Waals surface area contributed by atoms with Crippen molar-refractivity contribution in [3.8, 4) is 5.75 Å². The zero-order chi connectivity index (χ0) is 15.5. The van der Waals surface area contributed by atoms with Crippen molar-refractivity contribution in [2.75, 3.05) is 7.11 Å². The lowest BCUT2D eigenvalue weighted by Gasteiger charge is -2.16. The first kappa shape index (κ1) is 15.3. The largest absolute Gasteiger partial charge is 0.494 e. The van der Waals surface area contributed by atoms with Gasteiger partial charge in [-0.25, -0.2) is 4.39 Å². The average Bonchev–Trinajstić information content (AvgIpc) is 2.67. The van der Waals surface area contributed by atoms with E-state index in [1.807, 2.05) is 0 Å². The predicted octanol–water partition coefficient (Wildman–Crippen LogP) is 4.50. The maximum absolute atomic E-state index is 13.4. The quantitative estimate of drug-likeness (QED) is 0.845. The molecule has 0 saturated heterocycles. The lowest BCUT2D eigenvalue weighted by atomic mass is 10.1. The number of carbonyl (C=O) groups excluding carboxylic acids is 1. The van der Waals surface area contributed by atoms with E-state index in [4.69, 9.17) is 4.74 Å². The van der Waals surface area contributed by atoms with Crippen LogP contribution in [0.4, 0.5) is 4.39 Å². The number of amides is 1. The van der Waals surface area contributed by atoms with Gasteiger partial charge in [0.2, 0.25) is 0 Å². The van der Waals surface area contributed by atoms with Gasteiger partial charge in [-0.2, -0.15) is 0 Å². The molecule has 0 atom stereocenters. The molecule has 0 unspecified atom stereocenters. The third-order valence-electron chi connectivity index (χ3n) is 4.21. The van der Waals surface area contributed by atoms with E-state index in [0.717, 1.165) is 17.5 Å². The van der Waals surface area contributed by atoms with Gasteiger partial charge in [0.25, 0.3) is 5.91 Å². The molecule has 1 amide bonds. The molecule has 1 aromatic heterocycles. The van der Waals surface area contributed by atoms with Crippen LogP contribution in [0.2, 0.25) is 0 Å². The Kier molecular flexibility index (Phi) is 4.62. The minimum Gasteiger partial charge on any atom is -0.494 e. The molecule has 2 aromatic rings. The summed E-state index contributed by atoms with van der Waals surface area (Å²) in [6.45, 7) is 0. The van der Waals surface area contributed by atoms with E-state index in [1.165, 1.54) is 56.3 Å². The van der Waals surface area contributed by atoms with E-state index in [0.29, 0.717) is 16.0 Å². The maximum atomic E-state index is 13.4. The van der Waals surface area contributed by atoms with Crippen LogP contribution in [0.3, 0.4) is 0 Å². The Labute approximate surface area is 133 Å². The summed E-state index contributed by atoms with van der Waals surface area (Å²) in [6.07, 6.45) is 6.90. The van der Waals surface area contributed by atoms with Crippen LogP contribution in [-0.4, -0.2) is 19.1 Å². The molecule has 3 rings (SSSR count). The molecule has 1 aliphatic carbocycles.